The molecule has 8 rings (SSSR count). The molecule has 0 aliphatic heterocycles. The molecule has 0 saturated carbocycles. The Labute approximate surface area is 233 Å². The van der Waals surface area contributed by atoms with Gasteiger partial charge in [-0.2, -0.15) is 0 Å². The summed E-state index contributed by atoms with van der Waals surface area (Å²) in [6, 6.07) is 34.5. The van der Waals surface area contributed by atoms with E-state index in [1.807, 2.05) is 12.1 Å². The highest BCUT2D eigenvalue weighted by Gasteiger charge is 2.37. The van der Waals surface area contributed by atoms with Crippen molar-refractivity contribution in [1.82, 2.24) is 0 Å². The zero-order valence-corrected chi connectivity index (χ0v) is 22.6. The molecule has 1 heterocycles. The molecular weight excluding hydrogens is 491 g/mol. The summed E-state index contributed by atoms with van der Waals surface area (Å²) in [5.41, 5.74) is 13.7. The molecule has 0 amide bonds. The minimum Gasteiger partial charge on any atom is -0.456 e. The standard InChI is InChI=1S/C36H29BO3/c1-36(2)31-15-6-5-11-25(31)30-20-29-21(19-32(30)36)17-18-24(22-9-3-4-10-23(22)29)26-12-7-13-27-28-14-8-16-33(37(38)39)35(28)40-34(26)27/h3-16,19-20,24,38-39H,17-18H2,1-2H3. The largest absolute Gasteiger partial charge is 0.492 e. The van der Waals surface area contributed by atoms with Crippen molar-refractivity contribution in [2.24, 2.45) is 0 Å². The molecule has 194 valence electrons. The van der Waals surface area contributed by atoms with Crippen LogP contribution in [0.2, 0.25) is 0 Å². The maximum atomic E-state index is 10.00. The molecule has 0 radical (unpaired) electrons. The van der Waals surface area contributed by atoms with Crippen molar-refractivity contribution in [1.29, 1.82) is 0 Å². The van der Waals surface area contributed by atoms with E-state index >= 15 is 0 Å². The van der Waals surface area contributed by atoms with Gasteiger partial charge in [0.25, 0.3) is 0 Å². The molecule has 6 aromatic rings. The highest BCUT2D eigenvalue weighted by Crippen LogP contribution is 2.52. The van der Waals surface area contributed by atoms with E-state index in [1.54, 1.807) is 6.07 Å². The van der Waals surface area contributed by atoms with Crippen molar-refractivity contribution in [2.45, 2.75) is 38.0 Å². The van der Waals surface area contributed by atoms with E-state index in [0.717, 1.165) is 34.8 Å². The van der Waals surface area contributed by atoms with Crippen LogP contribution in [0.1, 0.15) is 54.0 Å². The molecule has 2 aliphatic rings. The zero-order chi connectivity index (χ0) is 27.2. The minimum atomic E-state index is -1.59. The fourth-order valence-corrected chi connectivity index (χ4v) is 7.42. The molecule has 0 fully saturated rings. The maximum absolute atomic E-state index is 10.00. The summed E-state index contributed by atoms with van der Waals surface area (Å²) < 4.78 is 6.47. The van der Waals surface area contributed by atoms with E-state index in [-0.39, 0.29) is 11.3 Å². The van der Waals surface area contributed by atoms with Crippen LogP contribution >= 0.6 is 0 Å². The molecule has 1 atom stereocenters. The van der Waals surface area contributed by atoms with Crippen LogP contribution in [0.15, 0.2) is 101 Å². The van der Waals surface area contributed by atoms with Crippen LogP contribution in [0.5, 0.6) is 0 Å². The highest BCUT2D eigenvalue weighted by atomic mass is 16.4. The Bertz CT molecular complexity index is 1980. The van der Waals surface area contributed by atoms with Crippen LogP contribution in [0.4, 0.5) is 0 Å². The van der Waals surface area contributed by atoms with Gasteiger partial charge in [0, 0.05) is 33.1 Å². The first-order valence-corrected chi connectivity index (χ1v) is 14.1. The second-order valence-electron chi connectivity index (χ2n) is 11.8. The Balaban J connectivity index is 1.34. The second-order valence-corrected chi connectivity index (χ2v) is 11.8. The summed E-state index contributed by atoms with van der Waals surface area (Å²) in [7, 11) is -1.59. The average molecular weight is 520 g/mol. The first kappa shape index (κ1) is 23.7. The molecule has 0 bridgehead atoms. The predicted octanol–water partition coefficient (Wildman–Crippen LogP) is 7.32. The molecule has 1 aromatic heterocycles. The van der Waals surface area contributed by atoms with Gasteiger partial charge < -0.3 is 14.5 Å². The Hall–Kier alpha value is -4.12. The molecule has 0 saturated heterocycles. The molecule has 4 heteroatoms. The van der Waals surface area contributed by atoms with E-state index in [9.17, 15) is 10.0 Å². The van der Waals surface area contributed by atoms with Gasteiger partial charge in [0.2, 0.25) is 0 Å². The van der Waals surface area contributed by atoms with E-state index < -0.39 is 7.12 Å². The summed E-state index contributed by atoms with van der Waals surface area (Å²) in [4.78, 5) is 0. The topological polar surface area (TPSA) is 53.6 Å². The van der Waals surface area contributed by atoms with E-state index in [2.05, 4.69) is 92.7 Å². The molecule has 5 aromatic carbocycles. The summed E-state index contributed by atoms with van der Waals surface area (Å²) >= 11 is 0. The lowest BCUT2D eigenvalue weighted by Gasteiger charge is -2.22. The molecule has 2 aliphatic carbocycles. The Morgan fingerprint density at radius 1 is 0.675 bits per heavy atom. The summed E-state index contributed by atoms with van der Waals surface area (Å²) in [6.07, 6.45) is 1.92. The molecular formula is C36H29BO3. The zero-order valence-electron chi connectivity index (χ0n) is 22.6. The highest BCUT2D eigenvalue weighted by molar-refractivity contribution is 6.61. The number of hydrogen-bond donors (Lipinski definition) is 2. The molecule has 0 spiro atoms. The SMILES string of the molecule is CC1(C)c2ccccc2-c2cc3c(cc21)CCC(c1cccc2c1oc1c(B(O)O)cccc12)c1ccccc1-3. The van der Waals surface area contributed by atoms with Crippen LogP contribution in [0, 0.1) is 0 Å². The molecule has 3 nitrogen and oxygen atoms in total. The normalized spacial score (nSPS) is 16.8. The van der Waals surface area contributed by atoms with Crippen LogP contribution in [-0.2, 0) is 11.8 Å². The lowest BCUT2D eigenvalue weighted by Crippen LogP contribution is -2.29. The van der Waals surface area contributed by atoms with E-state index in [0.29, 0.717) is 11.0 Å². The van der Waals surface area contributed by atoms with Gasteiger partial charge >= 0.3 is 7.12 Å². The lowest BCUT2D eigenvalue weighted by atomic mass is 9.79. The fourth-order valence-electron chi connectivity index (χ4n) is 7.42. The lowest BCUT2D eigenvalue weighted by molar-refractivity contribution is 0.425. The number of hydrogen-bond acceptors (Lipinski definition) is 3. The van der Waals surface area contributed by atoms with Gasteiger partial charge in [0.15, 0.2) is 0 Å². The van der Waals surface area contributed by atoms with Gasteiger partial charge in [-0.1, -0.05) is 105 Å². The smallest absolute Gasteiger partial charge is 0.456 e. The molecule has 40 heavy (non-hydrogen) atoms. The van der Waals surface area contributed by atoms with Gasteiger partial charge in [0.1, 0.15) is 11.2 Å². The van der Waals surface area contributed by atoms with Gasteiger partial charge in [-0.05, 0) is 63.4 Å². The van der Waals surface area contributed by atoms with Gasteiger partial charge in [-0.3, -0.25) is 0 Å². The Morgan fingerprint density at radius 3 is 2.20 bits per heavy atom. The van der Waals surface area contributed by atoms with Crippen molar-refractivity contribution in [3.05, 3.63) is 125 Å². The van der Waals surface area contributed by atoms with Gasteiger partial charge in [0.05, 0.1) is 0 Å². The number of aryl methyl sites for hydroxylation is 1. The van der Waals surface area contributed by atoms with Crippen LogP contribution < -0.4 is 5.46 Å². The number of para-hydroxylation sites is 2. The molecule has 1 unspecified atom stereocenters. The summed E-state index contributed by atoms with van der Waals surface area (Å²) in [6.45, 7) is 4.69. The summed E-state index contributed by atoms with van der Waals surface area (Å²) in [5, 5.41) is 21.9. The number of benzene rings is 5. The number of fused-ring (bicyclic) bond motifs is 9. The number of rotatable bonds is 2. The van der Waals surface area contributed by atoms with Crippen molar-refractivity contribution < 1.29 is 14.5 Å². The second kappa shape index (κ2) is 8.44. The number of furan rings is 1. The Morgan fingerprint density at radius 2 is 1.38 bits per heavy atom. The first-order chi connectivity index (χ1) is 19.4. The van der Waals surface area contributed by atoms with E-state index in [1.165, 1.54) is 44.5 Å². The molecule has 2 N–H and O–H groups in total. The van der Waals surface area contributed by atoms with Crippen molar-refractivity contribution in [3.63, 3.8) is 0 Å². The Kier molecular flexibility index (Phi) is 5.01. The predicted molar refractivity (Wildman–Crippen MR) is 163 cm³/mol. The first-order valence-electron chi connectivity index (χ1n) is 14.1. The van der Waals surface area contributed by atoms with Crippen molar-refractivity contribution in [2.75, 3.05) is 0 Å². The fraction of sp³-hybridized carbons (Fsp3) is 0.167. The third kappa shape index (κ3) is 3.21. The quantitative estimate of drug-likeness (QED) is 0.235. The van der Waals surface area contributed by atoms with Gasteiger partial charge in [-0.15, -0.1) is 0 Å². The third-order valence-corrected chi connectivity index (χ3v) is 9.37. The maximum Gasteiger partial charge on any atom is 0.492 e. The third-order valence-electron chi connectivity index (χ3n) is 9.37. The van der Waals surface area contributed by atoms with Crippen molar-refractivity contribution in [3.8, 4) is 22.3 Å². The average Bonchev–Trinajstić information content (AvgIpc) is 3.39. The monoisotopic (exact) mass is 520 g/mol. The van der Waals surface area contributed by atoms with Crippen LogP contribution in [-0.4, -0.2) is 17.2 Å². The minimum absolute atomic E-state index is 0.0268. The van der Waals surface area contributed by atoms with Crippen molar-refractivity contribution >= 4 is 34.5 Å². The summed E-state index contributed by atoms with van der Waals surface area (Å²) in [5.74, 6) is 0.144. The van der Waals surface area contributed by atoms with Gasteiger partial charge in [-0.25, -0.2) is 0 Å². The van der Waals surface area contributed by atoms with E-state index in [4.69, 9.17) is 4.42 Å². The van der Waals surface area contributed by atoms with Crippen LogP contribution in [0.3, 0.4) is 0 Å². The van der Waals surface area contributed by atoms with Crippen LogP contribution in [0.25, 0.3) is 44.2 Å².